The Kier molecular flexibility index (Phi) is 10.2. The summed E-state index contributed by atoms with van der Waals surface area (Å²) < 4.78 is 4.78. The van der Waals surface area contributed by atoms with Gasteiger partial charge in [0.1, 0.15) is 6.04 Å². The Morgan fingerprint density at radius 1 is 1.12 bits per heavy atom. The average molecular weight is 243 g/mol. The number of ether oxygens (including phenoxy) is 1. The first-order valence-corrected chi connectivity index (χ1v) is 6.94. The van der Waals surface area contributed by atoms with E-state index in [1.54, 1.807) is 0 Å². The number of nitrogens with one attached hydrogen (secondary N) is 1. The van der Waals surface area contributed by atoms with Crippen LogP contribution >= 0.6 is 0 Å². The quantitative estimate of drug-likeness (QED) is 0.473. The lowest BCUT2D eigenvalue weighted by Crippen LogP contribution is -2.42. The third-order valence-electron chi connectivity index (χ3n) is 3.02. The fourth-order valence-electron chi connectivity index (χ4n) is 1.88. The van der Waals surface area contributed by atoms with Crippen LogP contribution in [0.2, 0.25) is 0 Å². The van der Waals surface area contributed by atoms with Crippen molar-refractivity contribution < 1.29 is 9.53 Å². The number of rotatable bonds is 10. The average Bonchev–Trinajstić information content (AvgIpc) is 2.31. The van der Waals surface area contributed by atoms with Gasteiger partial charge in [0.25, 0.3) is 0 Å². The summed E-state index contributed by atoms with van der Waals surface area (Å²) >= 11 is 0. The van der Waals surface area contributed by atoms with Crippen LogP contribution in [-0.2, 0) is 9.53 Å². The number of unbranched alkanes of at least 4 members (excludes halogenated alkanes) is 5. The lowest BCUT2D eigenvalue weighted by Gasteiger charge is -2.19. The molecule has 0 saturated heterocycles. The van der Waals surface area contributed by atoms with Crippen molar-refractivity contribution in [2.45, 2.75) is 65.3 Å². The maximum absolute atomic E-state index is 11.5. The van der Waals surface area contributed by atoms with Gasteiger partial charge in [0.2, 0.25) is 0 Å². The zero-order valence-electron chi connectivity index (χ0n) is 11.9. The molecule has 3 nitrogen and oxygen atoms in total. The minimum absolute atomic E-state index is 0.147. The SMILES string of the molecule is CCCCCCCCN[C@@H](C(=O)OC)C(C)C. The Morgan fingerprint density at radius 2 is 1.71 bits per heavy atom. The Hall–Kier alpha value is -0.570. The van der Waals surface area contributed by atoms with Crippen molar-refractivity contribution in [3.05, 3.63) is 0 Å². The van der Waals surface area contributed by atoms with Crippen LogP contribution in [0.15, 0.2) is 0 Å². The van der Waals surface area contributed by atoms with Gasteiger partial charge in [-0.05, 0) is 18.9 Å². The fraction of sp³-hybridized carbons (Fsp3) is 0.929. The first-order valence-electron chi connectivity index (χ1n) is 6.94. The predicted octanol–water partition coefficient (Wildman–Crippen LogP) is 3.13. The van der Waals surface area contributed by atoms with E-state index in [1.165, 1.54) is 39.2 Å². The molecule has 0 amide bonds. The second-order valence-electron chi connectivity index (χ2n) is 4.97. The summed E-state index contributed by atoms with van der Waals surface area (Å²) in [6.07, 6.45) is 7.66. The zero-order valence-corrected chi connectivity index (χ0v) is 11.9. The minimum Gasteiger partial charge on any atom is -0.468 e. The molecule has 3 heteroatoms. The van der Waals surface area contributed by atoms with Gasteiger partial charge in [0.05, 0.1) is 7.11 Å². The van der Waals surface area contributed by atoms with Crippen LogP contribution in [0.25, 0.3) is 0 Å². The van der Waals surface area contributed by atoms with Crippen LogP contribution < -0.4 is 5.32 Å². The maximum Gasteiger partial charge on any atom is 0.323 e. The number of esters is 1. The molecule has 0 radical (unpaired) electrons. The molecule has 0 aliphatic rings. The van der Waals surface area contributed by atoms with E-state index in [4.69, 9.17) is 4.74 Å². The third-order valence-corrected chi connectivity index (χ3v) is 3.02. The largest absolute Gasteiger partial charge is 0.468 e. The van der Waals surface area contributed by atoms with Crippen LogP contribution in [0, 0.1) is 5.92 Å². The second kappa shape index (κ2) is 10.6. The summed E-state index contributed by atoms with van der Waals surface area (Å²) in [6, 6.07) is -0.157. The predicted molar refractivity (Wildman–Crippen MR) is 72.0 cm³/mol. The number of hydrogen-bond acceptors (Lipinski definition) is 3. The van der Waals surface area contributed by atoms with Crippen molar-refractivity contribution in [3.63, 3.8) is 0 Å². The number of carbonyl (C=O) groups excluding carboxylic acids is 1. The Morgan fingerprint density at radius 3 is 2.24 bits per heavy atom. The summed E-state index contributed by atoms with van der Waals surface area (Å²) in [7, 11) is 1.45. The number of hydrogen-bond donors (Lipinski definition) is 1. The van der Waals surface area contributed by atoms with Gasteiger partial charge < -0.3 is 10.1 Å². The van der Waals surface area contributed by atoms with E-state index in [0.29, 0.717) is 0 Å². The molecule has 17 heavy (non-hydrogen) atoms. The first kappa shape index (κ1) is 16.4. The highest BCUT2D eigenvalue weighted by Crippen LogP contribution is 2.06. The molecule has 0 saturated carbocycles. The van der Waals surface area contributed by atoms with E-state index in [2.05, 4.69) is 12.2 Å². The van der Waals surface area contributed by atoms with Crippen LogP contribution in [0.1, 0.15) is 59.3 Å². The van der Waals surface area contributed by atoms with Gasteiger partial charge in [0.15, 0.2) is 0 Å². The van der Waals surface area contributed by atoms with Crippen molar-refractivity contribution in [1.82, 2.24) is 5.32 Å². The van der Waals surface area contributed by atoms with Gasteiger partial charge >= 0.3 is 5.97 Å². The van der Waals surface area contributed by atoms with Gasteiger partial charge in [-0.1, -0.05) is 52.9 Å². The minimum atomic E-state index is -0.157. The maximum atomic E-state index is 11.5. The van der Waals surface area contributed by atoms with Crippen LogP contribution in [-0.4, -0.2) is 25.7 Å². The Balaban J connectivity index is 3.58. The van der Waals surface area contributed by atoms with Crippen LogP contribution in [0.5, 0.6) is 0 Å². The molecule has 0 aromatic rings. The molecule has 102 valence electrons. The van der Waals surface area contributed by atoms with Gasteiger partial charge in [0, 0.05) is 0 Å². The molecule has 0 aromatic carbocycles. The first-order chi connectivity index (χ1) is 8.13. The molecule has 0 unspecified atom stereocenters. The van der Waals surface area contributed by atoms with Gasteiger partial charge in [-0.3, -0.25) is 4.79 Å². The summed E-state index contributed by atoms with van der Waals surface area (Å²) in [5, 5.41) is 3.29. The zero-order chi connectivity index (χ0) is 13.1. The molecule has 1 N–H and O–H groups in total. The lowest BCUT2D eigenvalue weighted by molar-refractivity contribution is -0.144. The van der Waals surface area contributed by atoms with E-state index in [1.807, 2.05) is 13.8 Å². The molecule has 0 aliphatic heterocycles. The van der Waals surface area contributed by atoms with E-state index in [-0.39, 0.29) is 17.9 Å². The van der Waals surface area contributed by atoms with Crippen molar-refractivity contribution in [3.8, 4) is 0 Å². The molecule has 0 spiro atoms. The molecule has 0 fully saturated rings. The standard InChI is InChI=1S/C14H29NO2/c1-5-6-7-8-9-10-11-15-13(12(2)3)14(16)17-4/h12-13,15H,5-11H2,1-4H3/t13-/m1/s1. The molecule has 0 rings (SSSR count). The molecule has 0 bridgehead atoms. The molecule has 0 heterocycles. The summed E-state index contributed by atoms with van der Waals surface area (Å²) in [5.74, 6) is 0.133. The van der Waals surface area contributed by atoms with E-state index in [0.717, 1.165) is 13.0 Å². The Labute approximate surface area is 106 Å². The normalized spacial score (nSPS) is 12.8. The smallest absolute Gasteiger partial charge is 0.323 e. The summed E-state index contributed by atoms with van der Waals surface area (Å²) in [6.45, 7) is 7.21. The van der Waals surface area contributed by atoms with E-state index < -0.39 is 0 Å². The fourth-order valence-corrected chi connectivity index (χ4v) is 1.88. The van der Waals surface area contributed by atoms with E-state index in [9.17, 15) is 4.79 Å². The van der Waals surface area contributed by atoms with Crippen molar-refractivity contribution >= 4 is 5.97 Å². The lowest BCUT2D eigenvalue weighted by atomic mass is 10.0. The molecule has 0 aliphatic carbocycles. The monoisotopic (exact) mass is 243 g/mol. The van der Waals surface area contributed by atoms with Gasteiger partial charge in [-0.2, -0.15) is 0 Å². The van der Waals surface area contributed by atoms with E-state index >= 15 is 0 Å². The van der Waals surface area contributed by atoms with Crippen LogP contribution in [0.3, 0.4) is 0 Å². The van der Waals surface area contributed by atoms with Gasteiger partial charge in [-0.25, -0.2) is 0 Å². The highest BCUT2D eigenvalue weighted by atomic mass is 16.5. The number of carbonyl (C=O) groups is 1. The topological polar surface area (TPSA) is 38.3 Å². The molecular formula is C14H29NO2. The van der Waals surface area contributed by atoms with Crippen molar-refractivity contribution in [2.75, 3.05) is 13.7 Å². The molecule has 1 atom stereocenters. The Bertz CT molecular complexity index is 193. The highest BCUT2D eigenvalue weighted by Gasteiger charge is 2.21. The molecular weight excluding hydrogens is 214 g/mol. The van der Waals surface area contributed by atoms with Crippen molar-refractivity contribution in [2.24, 2.45) is 5.92 Å². The summed E-state index contributed by atoms with van der Waals surface area (Å²) in [4.78, 5) is 11.5. The summed E-state index contributed by atoms with van der Waals surface area (Å²) in [5.41, 5.74) is 0. The van der Waals surface area contributed by atoms with Crippen LogP contribution in [0.4, 0.5) is 0 Å². The van der Waals surface area contributed by atoms with Gasteiger partial charge in [-0.15, -0.1) is 0 Å². The molecule has 0 aromatic heterocycles. The number of methoxy groups -OCH3 is 1. The third kappa shape index (κ3) is 8.19. The second-order valence-corrected chi connectivity index (χ2v) is 4.97. The highest BCUT2D eigenvalue weighted by molar-refractivity contribution is 5.75. The van der Waals surface area contributed by atoms with Crippen molar-refractivity contribution in [1.29, 1.82) is 0 Å².